The van der Waals surface area contributed by atoms with E-state index in [4.69, 9.17) is 5.11 Å². The molecule has 1 aromatic heterocycles. The van der Waals surface area contributed by atoms with Crippen LogP contribution in [-0.2, 0) is 24.3 Å². The summed E-state index contributed by atoms with van der Waals surface area (Å²) in [6, 6.07) is -0.212. The van der Waals surface area contributed by atoms with Gasteiger partial charge >= 0.3 is 11.9 Å². The number of carboxylic acids is 1. The van der Waals surface area contributed by atoms with Crippen molar-refractivity contribution in [3.05, 3.63) is 16.3 Å². The maximum absolute atomic E-state index is 12.7. The van der Waals surface area contributed by atoms with Crippen molar-refractivity contribution in [1.29, 1.82) is 0 Å². The Morgan fingerprint density at radius 1 is 1.42 bits per heavy atom. The van der Waals surface area contributed by atoms with Gasteiger partial charge in [-0.2, -0.15) is 4.31 Å². The molecule has 0 saturated heterocycles. The Kier molecular flexibility index (Phi) is 6.87. The highest BCUT2D eigenvalue weighted by atomic mass is 32.2. The van der Waals surface area contributed by atoms with Crippen molar-refractivity contribution in [2.75, 3.05) is 20.2 Å². The number of rotatable bonds is 8. The van der Waals surface area contributed by atoms with Crippen LogP contribution in [-0.4, -0.2) is 61.9 Å². The number of sulfonamides is 1. The molecule has 0 aliphatic carbocycles. The number of thiophene rings is 1. The lowest BCUT2D eigenvalue weighted by molar-refractivity contribution is -0.140. The van der Waals surface area contributed by atoms with Crippen LogP contribution in [0.1, 0.15) is 23.5 Å². The fraction of sp³-hybridized carbons (Fsp3) is 0.462. The molecule has 0 bridgehead atoms. The number of methoxy groups -OCH3 is 1. The van der Waals surface area contributed by atoms with Crippen molar-refractivity contribution < 1.29 is 32.6 Å². The third-order valence-electron chi connectivity index (χ3n) is 3.06. The molecule has 0 fully saturated rings. The summed E-state index contributed by atoms with van der Waals surface area (Å²) < 4.78 is 30.6. The zero-order valence-corrected chi connectivity index (χ0v) is 14.9. The first-order chi connectivity index (χ1) is 11.1. The van der Waals surface area contributed by atoms with E-state index in [0.29, 0.717) is 0 Å². The summed E-state index contributed by atoms with van der Waals surface area (Å²) in [5.41, 5.74) is 0. The van der Waals surface area contributed by atoms with Gasteiger partial charge in [0.15, 0.2) is 0 Å². The molecule has 0 spiro atoms. The summed E-state index contributed by atoms with van der Waals surface area (Å²) in [5.74, 6) is -2.37. The van der Waals surface area contributed by atoms with E-state index in [9.17, 15) is 22.8 Å². The second-order valence-electron chi connectivity index (χ2n) is 4.75. The fourth-order valence-corrected chi connectivity index (χ4v) is 4.55. The van der Waals surface area contributed by atoms with Gasteiger partial charge in [-0.05, 0) is 13.0 Å². The van der Waals surface area contributed by atoms with Crippen LogP contribution in [0.4, 0.5) is 0 Å². The number of carboxylic acid groups (broad SMARTS) is 1. The highest BCUT2D eigenvalue weighted by Crippen LogP contribution is 2.24. The molecule has 0 radical (unpaired) electrons. The quantitative estimate of drug-likeness (QED) is 0.615. The molecule has 1 heterocycles. The number of hydrogen-bond donors (Lipinski definition) is 2. The van der Waals surface area contributed by atoms with E-state index in [1.807, 2.05) is 0 Å². The van der Waals surface area contributed by atoms with Gasteiger partial charge in [0, 0.05) is 25.4 Å². The van der Waals surface area contributed by atoms with E-state index < -0.39 is 28.0 Å². The van der Waals surface area contributed by atoms with Crippen LogP contribution in [0.5, 0.6) is 0 Å². The van der Waals surface area contributed by atoms with E-state index in [1.54, 1.807) is 0 Å². The van der Waals surface area contributed by atoms with Crippen LogP contribution in [0, 0.1) is 0 Å². The van der Waals surface area contributed by atoms with E-state index in [1.165, 1.54) is 26.3 Å². The SMILES string of the molecule is COC(=O)c1cc(S(=O)(=O)N(CCNC(C)=O)C(C)C(=O)O)cs1. The molecular formula is C13H18N2O7S2. The largest absolute Gasteiger partial charge is 0.480 e. The minimum absolute atomic E-state index is 0.0415. The van der Waals surface area contributed by atoms with E-state index in [0.717, 1.165) is 21.7 Å². The first kappa shape index (κ1) is 20.1. The van der Waals surface area contributed by atoms with Crippen LogP contribution < -0.4 is 5.32 Å². The number of nitrogens with zero attached hydrogens (tertiary/aromatic N) is 1. The molecule has 1 rings (SSSR count). The van der Waals surface area contributed by atoms with Crippen LogP contribution in [0.15, 0.2) is 16.3 Å². The molecule has 2 N–H and O–H groups in total. The van der Waals surface area contributed by atoms with Gasteiger partial charge in [0.1, 0.15) is 10.9 Å². The van der Waals surface area contributed by atoms with Crippen molar-refractivity contribution in [3.8, 4) is 0 Å². The summed E-state index contributed by atoms with van der Waals surface area (Å²) in [6.07, 6.45) is 0. The summed E-state index contributed by atoms with van der Waals surface area (Å²) in [6.45, 7) is 2.22. The number of aliphatic carboxylic acids is 1. The molecule has 1 unspecified atom stereocenters. The Balaban J connectivity index is 3.13. The van der Waals surface area contributed by atoms with Crippen molar-refractivity contribution in [2.24, 2.45) is 0 Å². The lowest BCUT2D eigenvalue weighted by Crippen LogP contribution is -2.46. The van der Waals surface area contributed by atoms with Crippen LogP contribution >= 0.6 is 11.3 Å². The van der Waals surface area contributed by atoms with Crippen molar-refractivity contribution >= 4 is 39.2 Å². The lowest BCUT2D eigenvalue weighted by Gasteiger charge is -2.25. The van der Waals surface area contributed by atoms with Crippen molar-refractivity contribution in [3.63, 3.8) is 0 Å². The summed E-state index contributed by atoms with van der Waals surface area (Å²) in [5, 5.41) is 12.8. The van der Waals surface area contributed by atoms with Crippen LogP contribution in [0.25, 0.3) is 0 Å². The maximum Gasteiger partial charge on any atom is 0.348 e. The number of carbonyl (C=O) groups excluding carboxylic acids is 2. The Labute approximate surface area is 143 Å². The summed E-state index contributed by atoms with van der Waals surface area (Å²) in [7, 11) is -2.99. The standard InChI is InChI=1S/C13H18N2O7S2/c1-8(12(17)18)15(5-4-14-9(2)16)24(20,21)10-6-11(23-7-10)13(19)22-3/h6-8H,4-5H2,1-3H3,(H,14,16)(H,17,18). The molecule has 134 valence electrons. The van der Waals surface area contributed by atoms with Gasteiger partial charge in [-0.25, -0.2) is 13.2 Å². The number of carbonyl (C=O) groups is 3. The third-order valence-corrected chi connectivity index (χ3v) is 6.07. The highest BCUT2D eigenvalue weighted by molar-refractivity contribution is 7.89. The zero-order valence-electron chi connectivity index (χ0n) is 13.3. The van der Waals surface area contributed by atoms with E-state index >= 15 is 0 Å². The molecule has 24 heavy (non-hydrogen) atoms. The molecule has 1 aromatic rings. The van der Waals surface area contributed by atoms with Gasteiger partial charge in [0.25, 0.3) is 0 Å². The number of nitrogens with one attached hydrogen (secondary N) is 1. The maximum atomic E-state index is 12.7. The molecular weight excluding hydrogens is 360 g/mol. The topological polar surface area (TPSA) is 130 Å². The number of hydrogen-bond acceptors (Lipinski definition) is 7. The Morgan fingerprint density at radius 2 is 2.04 bits per heavy atom. The summed E-state index contributed by atoms with van der Waals surface area (Å²) in [4.78, 5) is 33.5. The zero-order chi connectivity index (χ0) is 18.5. The molecule has 1 amide bonds. The average Bonchev–Trinajstić information content (AvgIpc) is 3.00. The molecule has 0 aromatic carbocycles. The van der Waals surface area contributed by atoms with Crippen LogP contribution in [0.3, 0.4) is 0 Å². The van der Waals surface area contributed by atoms with Gasteiger partial charge in [0.05, 0.1) is 12.0 Å². The minimum Gasteiger partial charge on any atom is -0.480 e. The van der Waals surface area contributed by atoms with E-state index in [-0.39, 0.29) is 28.8 Å². The van der Waals surface area contributed by atoms with E-state index in [2.05, 4.69) is 10.1 Å². The lowest BCUT2D eigenvalue weighted by atomic mass is 10.3. The first-order valence-corrected chi connectivity index (χ1v) is 9.09. The molecule has 9 nitrogen and oxygen atoms in total. The van der Waals surface area contributed by atoms with Crippen molar-refractivity contribution in [2.45, 2.75) is 24.8 Å². The molecule has 0 aliphatic heterocycles. The van der Waals surface area contributed by atoms with Gasteiger partial charge < -0.3 is 15.2 Å². The average molecular weight is 378 g/mol. The Morgan fingerprint density at radius 3 is 2.54 bits per heavy atom. The van der Waals surface area contributed by atoms with Crippen LogP contribution in [0.2, 0.25) is 0 Å². The highest BCUT2D eigenvalue weighted by Gasteiger charge is 2.33. The fourth-order valence-electron chi connectivity index (χ4n) is 1.78. The smallest absolute Gasteiger partial charge is 0.348 e. The van der Waals surface area contributed by atoms with Gasteiger partial charge in [-0.15, -0.1) is 11.3 Å². The third kappa shape index (κ3) is 4.76. The normalized spacial score (nSPS) is 12.7. The number of ether oxygens (including phenoxy) is 1. The first-order valence-electron chi connectivity index (χ1n) is 6.77. The Bertz CT molecular complexity index is 726. The van der Waals surface area contributed by atoms with Crippen molar-refractivity contribution in [1.82, 2.24) is 9.62 Å². The second-order valence-corrected chi connectivity index (χ2v) is 7.55. The summed E-state index contributed by atoms with van der Waals surface area (Å²) >= 11 is 0.878. The van der Waals surface area contributed by atoms with Gasteiger partial charge in [-0.1, -0.05) is 0 Å². The number of esters is 1. The minimum atomic E-state index is -4.16. The van der Waals surface area contributed by atoms with Gasteiger partial charge in [-0.3, -0.25) is 9.59 Å². The molecule has 11 heteroatoms. The predicted molar refractivity (Wildman–Crippen MR) is 85.3 cm³/mol. The molecule has 1 atom stereocenters. The molecule has 0 saturated carbocycles. The Hall–Kier alpha value is -1.98. The number of amides is 1. The second kappa shape index (κ2) is 8.22. The predicted octanol–water partition coefficient (Wildman–Crippen LogP) is 0.135. The van der Waals surface area contributed by atoms with Gasteiger partial charge in [0.2, 0.25) is 15.9 Å². The monoisotopic (exact) mass is 378 g/mol. The molecule has 0 aliphatic rings.